The summed E-state index contributed by atoms with van der Waals surface area (Å²) in [6.45, 7) is 12.0. The molecule has 4 rings (SSSR count). The summed E-state index contributed by atoms with van der Waals surface area (Å²) in [5.74, 6) is 1.15. The Kier molecular flexibility index (Phi) is 5.03. The molecule has 3 heterocycles. The van der Waals surface area contributed by atoms with Crippen LogP contribution in [0.15, 0.2) is 18.2 Å². The van der Waals surface area contributed by atoms with E-state index in [1.54, 1.807) is 0 Å². The molecule has 1 aromatic carbocycles. The summed E-state index contributed by atoms with van der Waals surface area (Å²) in [5, 5.41) is 0. The standard InChI is InChI=1S/C21H32N2O2/c1-21(2)15-17-5-3-6-18(20(17)25-21)16-22-9-4-10-23(12-11-22)19-7-13-24-14-8-19/h3,5-6,19H,4,7-16H2,1-2H3. The minimum Gasteiger partial charge on any atom is -0.487 e. The van der Waals surface area contributed by atoms with Gasteiger partial charge in [-0.3, -0.25) is 9.80 Å². The lowest BCUT2D eigenvalue weighted by molar-refractivity contribution is 0.0353. The zero-order valence-electron chi connectivity index (χ0n) is 15.8. The van der Waals surface area contributed by atoms with Gasteiger partial charge in [-0.15, -0.1) is 0 Å². The first-order valence-corrected chi connectivity index (χ1v) is 9.95. The number of rotatable bonds is 3. The van der Waals surface area contributed by atoms with Crippen molar-refractivity contribution in [2.75, 3.05) is 39.4 Å². The Bertz CT molecular complexity index is 596. The van der Waals surface area contributed by atoms with E-state index in [2.05, 4.69) is 41.8 Å². The van der Waals surface area contributed by atoms with Crippen LogP contribution in [0.5, 0.6) is 5.75 Å². The van der Waals surface area contributed by atoms with Crippen molar-refractivity contribution in [3.63, 3.8) is 0 Å². The predicted molar refractivity (Wildman–Crippen MR) is 100 cm³/mol. The molecule has 4 heteroatoms. The first-order chi connectivity index (χ1) is 12.1. The molecule has 0 saturated carbocycles. The zero-order chi connectivity index (χ0) is 17.3. The van der Waals surface area contributed by atoms with Gasteiger partial charge in [0.15, 0.2) is 0 Å². The van der Waals surface area contributed by atoms with Crippen LogP contribution < -0.4 is 4.74 Å². The fourth-order valence-electron chi connectivity index (χ4n) is 4.61. The third-order valence-electron chi connectivity index (χ3n) is 5.90. The van der Waals surface area contributed by atoms with E-state index in [1.165, 1.54) is 50.0 Å². The first-order valence-electron chi connectivity index (χ1n) is 9.95. The van der Waals surface area contributed by atoms with Crippen molar-refractivity contribution in [3.8, 4) is 5.75 Å². The van der Waals surface area contributed by atoms with Crippen molar-refractivity contribution in [1.82, 2.24) is 9.80 Å². The molecule has 2 fully saturated rings. The fraction of sp³-hybridized carbons (Fsp3) is 0.714. The lowest BCUT2D eigenvalue weighted by atomic mass is 10.0. The highest BCUT2D eigenvalue weighted by Gasteiger charge is 2.32. The average Bonchev–Trinajstić information content (AvgIpc) is 2.77. The maximum Gasteiger partial charge on any atom is 0.127 e. The van der Waals surface area contributed by atoms with E-state index in [0.29, 0.717) is 0 Å². The third kappa shape index (κ3) is 4.02. The lowest BCUT2D eigenvalue weighted by Gasteiger charge is -2.33. The van der Waals surface area contributed by atoms with Crippen LogP contribution >= 0.6 is 0 Å². The SMILES string of the molecule is CC1(C)Cc2cccc(CN3CCCN(C4CCOCC4)CC3)c2O1. The van der Waals surface area contributed by atoms with E-state index in [1.807, 2.05) is 0 Å². The normalized spacial score (nSPS) is 25.4. The number of hydrogen-bond donors (Lipinski definition) is 0. The van der Waals surface area contributed by atoms with E-state index in [-0.39, 0.29) is 5.60 Å². The molecule has 4 nitrogen and oxygen atoms in total. The Morgan fingerprint density at radius 2 is 1.92 bits per heavy atom. The van der Waals surface area contributed by atoms with Crippen LogP contribution in [-0.2, 0) is 17.7 Å². The summed E-state index contributed by atoms with van der Waals surface area (Å²) in [6.07, 6.45) is 4.69. The molecule has 1 aromatic rings. The molecule has 138 valence electrons. The molecule has 0 atom stereocenters. The minimum absolute atomic E-state index is 0.0585. The highest BCUT2D eigenvalue weighted by Crippen LogP contribution is 2.38. The Balaban J connectivity index is 1.39. The van der Waals surface area contributed by atoms with Crippen molar-refractivity contribution in [2.24, 2.45) is 0 Å². The molecule has 3 aliphatic heterocycles. The second-order valence-electron chi connectivity index (χ2n) is 8.45. The van der Waals surface area contributed by atoms with Crippen LogP contribution in [0.1, 0.15) is 44.2 Å². The monoisotopic (exact) mass is 344 g/mol. The average molecular weight is 344 g/mol. The van der Waals surface area contributed by atoms with Crippen LogP contribution in [0.25, 0.3) is 0 Å². The number of nitrogens with zero attached hydrogens (tertiary/aromatic N) is 2. The highest BCUT2D eigenvalue weighted by atomic mass is 16.5. The minimum atomic E-state index is -0.0585. The molecule has 0 bridgehead atoms. The van der Waals surface area contributed by atoms with Crippen LogP contribution in [-0.4, -0.2) is 60.8 Å². The first kappa shape index (κ1) is 17.3. The topological polar surface area (TPSA) is 24.9 Å². The van der Waals surface area contributed by atoms with Gasteiger partial charge >= 0.3 is 0 Å². The smallest absolute Gasteiger partial charge is 0.127 e. The molecule has 2 saturated heterocycles. The van der Waals surface area contributed by atoms with Crippen molar-refractivity contribution in [1.29, 1.82) is 0 Å². The second kappa shape index (κ2) is 7.26. The summed E-state index contributed by atoms with van der Waals surface area (Å²) < 4.78 is 11.8. The molecular weight excluding hydrogens is 312 g/mol. The van der Waals surface area contributed by atoms with Gasteiger partial charge < -0.3 is 9.47 Å². The van der Waals surface area contributed by atoms with Crippen LogP contribution in [0, 0.1) is 0 Å². The third-order valence-corrected chi connectivity index (χ3v) is 5.90. The fourth-order valence-corrected chi connectivity index (χ4v) is 4.61. The number of benzene rings is 1. The Morgan fingerprint density at radius 3 is 2.76 bits per heavy atom. The summed E-state index contributed by atoms with van der Waals surface area (Å²) >= 11 is 0. The maximum atomic E-state index is 6.26. The van der Waals surface area contributed by atoms with Crippen molar-refractivity contribution in [3.05, 3.63) is 29.3 Å². The van der Waals surface area contributed by atoms with E-state index in [0.717, 1.165) is 44.5 Å². The van der Waals surface area contributed by atoms with Gasteiger partial charge in [-0.05, 0) is 51.8 Å². The number of fused-ring (bicyclic) bond motifs is 1. The molecule has 0 spiro atoms. The van der Waals surface area contributed by atoms with E-state index >= 15 is 0 Å². The van der Waals surface area contributed by atoms with Gasteiger partial charge in [0.25, 0.3) is 0 Å². The summed E-state index contributed by atoms with van der Waals surface area (Å²) in [7, 11) is 0. The Morgan fingerprint density at radius 1 is 1.08 bits per heavy atom. The van der Waals surface area contributed by atoms with E-state index in [9.17, 15) is 0 Å². The van der Waals surface area contributed by atoms with Gasteiger partial charge in [0.05, 0.1) is 0 Å². The van der Waals surface area contributed by atoms with Crippen LogP contribution in [0.3, 0.4) is 0 Å². The Labute approximate surface area is 152 Å². The molecule has 0 amide bonds. The number of hydrogen-bond acceptors (Lipinski definition) is 4. The lowest BCUT2D eigenvalue weighted by Crippen LogP contribution is -2.41. The van der Waals surface area contributed by atoms with Gasteiger partial charge in [0.2, 0.25) is 0 Å². The van der Waals surface area contributed by atoms with E-state index < -0.39 is 0 Å². The number of para-hydroxylation sites is 1. The Hall–Kier alpha value is -1.10. The molecule has 0 N–H and O–H groups in total. The van der Waals surface area contributed by atoms with Crippen molar-refractivity contribution < 1.29 is 9.47 Å². The van der Waals surface area contributed by atoms with E-state index in [4.69, 9.17) is 9.47 Å². The largest absolute Gasteiger partial charge is 0.487 e. The summed E-state index contributed by atoms with van der Waals surface area (Å²) in [5.41, 5.74) is 2.68. The van der Waals surface area contributed by atoms with Gasteiger partial charge in [0, 0.05) is 50.9 Å². The van der Waals surface area contributed by atoms with Crippen molar-refractivity contribution >= 4 is 0 Å². The summed E-state index contributed by atoms with van der Waals surface area (Å²) in [4.78, 5) is 5.32. The molecule has 0 aromatic heterocycles. The van der Waals surface area contributed by atoms with Gasteiger partial charge in [-0.2, -0.15) is 0 Å². The molecule has 0 radical (unpaired) electrons. The van der Waals surface area contributed by atoms with Crippen LogP contribution in [0.4, 0.5) is 0 Å². The van der Waals surface area contributed by atoms with Gasteiger partial charge in [-0.1, -0.05) is 18.2 Å². The predicted octanol–water partition coefficient (Wildman–Crippen LogP) is 3.09. The van der Waals surface area contributed by atoms with Gasteiger partial charge in [-0.25, -0.2) is 0 Å². The molecule has 25 heavy (non-hydrogen) atoms. The highest BCUT2D eigenvalue weighted by molar-refractivity contribution is 5.45. The zero-order valence-corrected chi connectivity index (χ0v) is 15.8. The van der Waals surface area contributed by atoms with Crippen LogP contribution in [0.2, 0.25) is 0 Å². The second-order valence-corrected chi connectivity index (χ2v) is 8.45. The number of ether oxygens (including phenoxy) is 2. The molecular formula is C21H32N2O2. The quantitative estimate of drug-likeness (QED) is 0.841. The maximum absolute atomic E-state index is 6.26. The summed E-state index contributed by atoms with van der Waals surface area (Å²) in [6, 6.07) is 7.41. The molecule has 0 unspecified atom stereocenters. The molecule has 3 aliphatic rings. The van der Waals surface area contributed by atoms with Crippen molar-refractivity contribution in [2.45, 2.75) is 57.7 Å². The molecule has 0 aliphatic carbocycles. The van der Waals surface area contributed by atoms with Gasteiger partial charge in [0.1, 0.15) is 11.4 Å².